The van der Waals surface area contributed by atoms with Crippen LogP contribution < -0.4 is 0 Å². The van der Waals surface area contributed by atoms with Crippen molar-refractivity contribution in [2.45, 2.75) is 66.7 Å². The number of rotatable bonds is 7. The molecule has 0 aromatic rings. The van der Waals surface area contributed by atoms with E-state index in [0.717, 1.165) is 43.4 Å². The van der Waals surface area contributed by atoms with Crippen molar-refractivity contribution in [3.8, 4) is 0 Å². The smallest absolute Gasteiger partial charge is 0.317 e. The Bertz CT molecular complexity index is 311. The summed E-state index contributed by atoms with van der Waals surface area (Å²) in [5.74, 6) is -0.305. The van der Waals surface area contributed by atoms with Gasteiger partial charge >= 0.3 is 5.97 Å². The Balaban J connectivity index is 4.64. The van der Waals surface area contributed by atoms with Crippen molar-refractivity contribution in [1.82, 2.24) is 0 Å². The van der Waals surface area contributed by atoms with Crippen molar-refractivity contribution >= 4 is 11.7 Å². The van der Waals surface area contributed by atoms with Gasteiger partial charge < -0.3 is 4.84 Å². The summed E-state index contributed by atoms with van der Waals surface area (Å²) < 4.78 is 0. The molecule has 18 heavy (non-hydrogen) atoms. The molecule has 0 N–H and O–H groups in total. The minimum Gasteiger partial charge on any atom is -0.317 e. The normalized spacial score (nSPS) is 12.4. The van der Waals surface area contributed by atoms with Crippen LogP contribution in [0, 0.1) is 5.41 Å². The van der Waals surface area contributed by atoms with Crippen molar-refractivity contribution in [3.05, 3.63) is 12.2 Å². The third kappa shape index (κ3) is 6.58. The van der Waals surface area contributed by atoms with E-state index in [9.17, 15) is 4.79 Å². The van der Waals surface area contributed by atoms with E-state index in [4.69, 9.17) is 4.84 Å². The number of nitrogens with zero attached hydrogens (tertiary/aromatic N) is 1. The zero-order chi connectivity index (χ0) is 14.2. The highest BCUT2D eigenvalue weighted by Gasteiger charge is 2.23. The van der Waals surface area contributed by atoms with Gasteiger partial charge in [0.1, 0.15) is 0 Å². The van der Waals surface area contributed by atoms with Crippen molar-refractivity contribution in [1.29, 1.82) is 0 Å². The Hall–Kier alpha value is -1.12. The van der Waals surface area contributed by atoms with Crippen LogP contribution in [0.4, 0.5) is 0 Å². The fraction of sp³-hybridized carbons (Fsp3) is 0.733. The van der Waals surface area contributed by atoms with Gasteiger partial charge in [-0.25, -0.2) is 4.79 Å². The largest absolute Gasteiger partial charge is 0.340 e. The number of oxime groups is 1. The average Bonchev–Trinajstić information content (AvgIpc) is 2.27. The Morgan fingerprint density at radius 3 is 2.22 bits per heavy atom. The van der Waals surface area contributed by atoms with Gasteiger partial charge in [0.25, 0.3) is 0 Å². The Labute approximate surface area is 111 Å². The van der Waals surface area contributed by atoms with Crippen LogP contribution in [-0.2, 0) is 9.63 Å². The molecule has 3 heteroatoms. The molecule has 0 saturated carbocycles. The molecule has 3 nitrogen and oxygen atoms in total. The first-order chi connectivity index (χ1) is 8.32. The van der Waals surface area contributed by atoms with Crippen LogP contribution in [0.2, 0.25) is 0 Å². The third-order valence-corrected chi connectivity index (χ3v) is 2.58. The second-order valence-electron chi connectivity index (χ2n) is 5.62. The van der Waals surface area contributed by atoms with E-state index in [0.29, 0.717) is 0 Å². The lowest BCUT2D eigenvalue weighted by atomic mass is 9.98. The molecule has 0 aromatic heterocycles. The molecule has 0 aliphatic heterocycles. The van der Waals surface area contributed by atoms with E-state index in [-0.39, 0.29) is 5.97 Å². The third-order valence-electron chi connectivity index (χ3n) is 2.58. The minimum atomic E-state index is -0.522. The summed E-state index contributed by atoms with van der Waals surface area (Å²) in [6.45, 7) is 13.7. The molecule has 104 valence electrons. The molecular formula is C15H27NO2. The second-order valence-corrected chi connectivity index (χ2v) is 5.62. The molecular weight excluding hydrogens is 226 g/mol. The van der Waals surface area contributed by atoms with Gasteiger partial charge in [0, 0.05) is 0 Å². The van der Waals surface area contributed by atoms with Crippen LogP contribution in [0.15, 0.2) is 17.3 Å². The molecule has 0 aromatic carbocycles. The van der Waals surface area contributed by atoms with Gasteiger partial charge in [-0.1, -0.05) is 38.4 Å². The van der Waals surface area contributed by atoms with Crippen LogP contribution in [0.3, 0.4) is 0 Å². The molecule has 0 aliphatic carbocycles. The molecule has 0 atom stereocenters. The van der Waals surface area contributed by atoms with Crippen LogP contribution in [-0.4, -0.2) is 11.7 Å². The molecule has 0 bridgehead atoms. The van der Waals surface area contributed by atoms with Gasteiger partial charge in [-0.3, -0.25) is 0 Å². The maximum atomic E-state index is 11.7. The topological polar surface area (TPSA) is 38.7 Å². The molecule has 0 rings (SSSR count). The Kier molecular flexibility index (Phi) is 7.56. The fourth-order valence-corrected chi connectivity index (χ4v) is 1.31. The van der Waals surface area contributed by atoms with Crippen LogP contribution in [0.25, 0.3) is 0 Å². The highest BCUT2D eigenvalue weighted by molar-refractivity contribution is 5.99. The fourth-order valence-electron chi connectivity index (χ4n) is 1.31. The molecule has 0 amide bonds. The first-order valence-corrected chi connectivity index (χ1v) is 6.79. The summed E-state index contributed by atoms with van der Waals surface area (Å²) in [7, 11) is 0. The van der Waals surface area contributed by atoms with Crippen molar-refractivity contribution in [2.24, 2.45) is 10.6 Å². The first-order valence-electron chi connectivity index (χ1n) is 6.79. The maximum Gasteiger partial charge on any atom is 0.340 e. The standard InChI is InChI=1S/C15H27NO2/c1-7-9-11-13(12(3)10-8-2)16-18-14(17)15(4,5)6/h3,7-11H2,1-2,4-6H3/b16-13+. The van der Waals surface area contributed by atoms with E-state index in [1.807, 2.05) is 20.8 Å². The van der Waals surface area contributed by atoms with E-state index in [2.05, 4.69) is 25.6 Å². The molecule has 0 saturated heterocycles. The van der Waals surface area contributed by atoms with Gasteiger partial charge in [0.2, 0.25) is 0 Å². The van der Waals surface area contributed by atoms with Gasteiger partial charge in [-0.2, -0.15) is 0 Å². The summed E-state index contributed by atoms with van der Waals surface area (Å²) in [6, 6.07) is 0. The number of carbonyl (C=O) groups excluding carboxylic acids is 1. The predicted octanol–water partition coefficient (Wildman–Crippen LogP) is 4.48. The average molecular weight is 253 g/mol. The summed E-state index contributed by atoms with van der Waals surface area (Å²) in [6.07, 6.45) is 4.87. The quantitative estimate of drug-likeness (QED) is 0.381. The van der Waals surface area contributed by atoms with Gasteiger partial charge in [0.05, 0.1) is 11.1 Å². The SMILES string of the molecule is C=C(CCC)/C(CCCC)=N/OC(=O)C(C)(C)C. The lowest BCUT2D eigenvalue weighted by molar-refractivity contribution is -0.152. The van der Waals surface area contributed by atoms with E-state index >= 15 is 0 Å². The predicted molar refractivity (Wildman–Crippen MR) is 76.6 cm³/mol. The van der Waals surface area contributed by atoms with E-state index in [1.54, 1.807) is 0 Å². The monoisotopic (exact) mass is 253 g/mol. The van der Waals surface area contributed by atoms with Crippen molar-refractivity contribution in [3.63, 3.8) is 0 Å². The summed E-state index contributed by atoms with van der Waals surface area (Å²) in [5, 5.41) is 4.01. The van der Waals surface area contributed by atoms with Crippen molar-refractivity contribution < 1.29 is 9.63 Å². The number of unbranched alkanes of at least 4 members (excludes halogenated alkanes) is 1. The number of hydrogen-bond acceptors (Lipinski definition) is 3. The number of allylic oxidation sites excluding steroid dienone is 1. The molecule has 0 spiro atoms. The maximum absolute atomic E-state index is 11.7. The van der Waals surface area contributed by atoms with Crippen LogP contribution in [0.1, 0.15) is 66.7 Å². The highest BCUT2D eigenvalue weighted by atomic mass is 16.7. The Morgan fingerprint density at radius 2 is 1.78 bits per heavy atom. The van der Waals surface area contributed by atoms with Gasteiger partial charge in [-0.15, -0.1) is 0 Å². The summed E-state index contributed by atoms with van der Waals surface area (Å²) >= 11 is 0. The van der Waals surface area contributed by atoms with E-state index < -0.39 is 5.41 Å². The van der Waals surface area contributed by atoms with Gasteiger partial charge in [-0.05, 0) is 45.6 Å². The lowest BCUT2D eigenvalue weighted by Gasteiger charge is -2.14. The molecule has 0 unspecified atom stereocenters. The summed E-state index contributed by atoms with van der Waals surface area (Å²) in [4.78, 5) is 16.7. The first kappa shape index (κ1) is 16.9. The molecule has 0 radical (unpaired) electrons. The highest BCUT2D eigenvalue weighted by Crippen LogP contribution is 2.17. The molecule has 0 heterocycles. The summed E-state index contributed by atoms with van der Waals surface area (Å²) in [5.41, 5.74) is 1.29. The lowest BCUT2D eigenvalue weighted by Crippen LogP contribution is -2.21. The van der Waals surface area contributed by atoms with Crippen molar-refractivity contribution in [2.75, 3.05) is 0 Å². The molecule has 0 fully saturated rings. The van der Waals surface area contributed by atoms with Crippen LogP contribution >= 0.6 is 0 Å². The van der Waals surface area contributed by atoms with Crippen LogP contribution in [0.5, 0.6) is 0 Å². The zero-order valence-corrected chi connectivity index (χ0v) is 12.5. The Morgan fingerprint density at radius 1 is 1.17 bits per heavy atom. The second kappa shape index (κ2) is 8.06. The number of carbonyl (C=O) groups is 1. The number of hydrogen-bond donors (Lipinski definition) is 0. The van der Waals surface area contributed by atoms with Gasteiger partial charge in [0.15, 0.2) is 0 Å². The molecule has 0 aliphatic rings. The van der Waals surface area contributed by atoms with E-state index in [1.165, 1.54) is 0 Å². The zero-order valence-electron chi connectivity index (χ0n) is 12.5. The minimum absolute atomic E-state index is 0.305.